The molecule has 0 aromatic heterocycles. The molecule has 1 rings (SSSR count). The molecule has 0 N–H and O–H groups in total. The van der Waals surface area contributed by atoms with E-state index < -0.39 is 0 Å². The zero-order valence-corrected chi connectivity index (χ0v) is 12.3. The van der Waals surface area contributed by atoms with E-state index in [2.05, 4.69) is 32.6 Å². The quantitative estimate of drug-likeness (QED) is 0.779. The van der Waals surface area contributed by atoms with Crippen molar-refractivity contribution in [1.29, 1.82) is 5.26 Å². The van der Waals surface area contributed by atoms with Gasteiger partial charge >= 0.3 is 0 Å². The molecule has 104 valence electrons. The van der Waals surface area contributed by atoms with Crippen LogP contribution in [0.5, 0.6) is 0 Å². The summed E-state index contributed by atoms with van der Waals surface area (Å²) in [5.74, 6) is 0.712. The minimum Gasteiger partial charge on any atom is -0.298 e. The molecule has 0 amide bonds. The summed E-state index contributed by atoms with van der Waals surface area (Å²) < 4.78 is 14.1. The topological polar surface area (TPSA) is 27.0 Å². The summed E-state index contributed by atoms with van der Waals surface area (Å²) in [5, 5.41) is 8.86. The highest BCUT2D eigenvalue weighted by Crippen LogP contribution is 2.16. The third kappa shape index (κ3) is 5.00. The van der Waals surface area contributed by atoms with Crippen LogP contribution >= 0.6 is 0 Å². The molecule has 0 heterocycles. The van der Waals surface area contributed by atoms with Crippen LogP contribution in [0.3, 0.4) is 0 Å². The third-order valence-electron chi connectivity index (χ3n) is 2.84. The number of benzene rings is 1. The van der Waals surface area contributed by atoms with Gasteiger partial charge in [0.15, 0.2) is 0 Å². The van der Waals surface area contributed by atoms with Gasteiger partial charge in [0.25, 0.3) is 0 Å². The van der Waals surface area contributed by atoms with Crippen molar-refractivity contribution in [2.75, 3.05) is 13.1 Å². The number of halogens is 1. The van der Waals surface area contributed by atoms with E-state index in [1.807, 2.05) is 6.07 Å². The van der Waals surface area contributed by atoms with Crippen molar-refractivity contribution in [2.24, 2.45) is 11.8 Å². The molecule has 2 nitrogen and oxygen atoms in total. The molecule has 0 saturated heterocycles. The molecule has 3 heteroatoms. The lowest BCUT2D eigenvalue weighted by atomic mass is 10.1. The minimum absolute atomic E-state index is 0.131. The lowest BCUT2D eigenvalue weighted by molar-refractivity contribution is 0.209. The molecule has 19 heavy (non-hydrogen) atoms. The Hall–Kier alpha value is -1.40. The van der Waals surface area contributed by atoms with E-state index in [0.29, 0.717) is 23.9 Å². The van der Waals surface area contributed by atoms with E-state index in [1.54, 1.807) is 12.1 Å². The first kappa shape index (κ1) is 15.7. The van der Waals surface area contributed by atoms with Crippen molar-refractivity contribution in [3.8, 4) is 6.07 Å². The summed E-state index contributed by atoms with van der Waals surface area (Å²) in [6, 6.07) is 6.94. The number of nitriles is 1. The van der Waals surface area contributed by atoms with Gasteiger partial charge in [-0.2, -0.15) is 5.26 Å². The summed E-state index contributed by atoms with van der Waals surface area (Å²) in [6.07, 6.45) is 0. The van der Waals surface area contributed by atoms with Crippen molar-refractivity contribution >= 4 is 0 Å². The van der Waals surface area contributed by atoms with Crippen molar-refractivity contribution < 1.29 is 4.39 Å². The smallest absolute Gasteiger partial charge is 0.145 e. The van der Waals surface area contributed by atoms with Gasteiger partial charge < -0.3 is 0 Å². The maximum absolute atomic E-state index is 14.1. The van der Waals surface area contributed by atoms with Crippen molar-refractivity contribution in [3.63, 3.8) is 0 Å². The van der Waals surface area contributed by atoms with Crippen LogP contribution in [-0.4, -0.2) is 18.0 Å². The first-order valence-corrected chi connectivity index (χ1v) is 6.83. The Morgan fingerprint density at radius 1 is 1.16 bits per heavy atom. The minimum atomic E-state index is -0.373. The van der Waals surface area contributed by atoms with Gasteiger partial charge in [0.05, 0.1) is 5.56 Å². The van der Waals surface area contributed by atoms with Crippen LogP contribution in [0.2, 0.25) is 0 Å². The largest absolute Gasteiger partial charge is 0.298 e. The first-order valence-electron chi connectivity index (χ1n) is 6.83. The standard InChI is InChI=1S/C16H23FN2/c1-12(2)9-19(10-13(3)4)11-15-7-5-6-14(8-18)16(15)17/h5-7,12-13H,9-11H2,1-4H3. The molecular weight excluding hydrogens is 239 g/mol. The number of hydrogen-bond acceptors (Lipinski definition) is 2. The maximum atomic E-state index is 14.1. The molecule has 0 bridgehead atoms. The molecule has 0 atom stereocenters. The van der Waals surface area contributed by atoms with E-state index in [9.17, 15) is 4.39 Å². The van der Waals surface area contributed by atoms with E-state index >= 15 is 0 Å². The van der Waals surface area contributed by atoms with Crippen molar-refractivity contribution in [2.45, 2.75) is 34.2 Å². The maximum Gasteiger partial charge on any atom is 0.145 e. The van der Waals surface area contributed by atoms with Gasteiger partial charge in [-0.15, -0.1) is 0 Å². The Morgan fingerprint density at radius 3 is 2.21 bits per heavy atom. The van der Waals surface area contributed by atoms with Crippen LogP contribution in [-0.2, 0) is 6.54 Å². The van der Waals surface area contributed by atoms with Crippen LogP contribution in [0.25, 0.3) is 0 Å². The highest BCUT2D eigenvalue weighted by atomic mass is 19.1. The van der Waals surface area contributed by atoms with Crippen LogP contribution in [0.15, 0.2) is 18.2 Å². The molecule has 0 spiro atoms. The van der Waals surface area contributed by atoms with Crippen LogP contribution in [0, 0.1) is 29.0 Å². The summed E-state index contributed by atoms with van der Waals surface area (Å²) in [4.78, 5) is 2.26. The Labute approximate surface area is 115 Å². The Morgan fingerprint density at radius 2 is 1.74 bits per heavy atom. The van der Waals surface area contributed by atoms with Crippen LogP contribution in [0.1, 0.15) is 38.8 Å². The highest BCUT2D eigenvalue weighted by molar-refractivity contribution is 5.34. The van der Waals surface area contributed by atoms with Crippen LogP contribution < -0.4 is 0 Å². The normalized spacial score (nSPS) is 11.3. The van der Waals surface area contributed by atoms with Gasteiger partial charge in [-0.1, -0.05) is 39.8 Å². The second-order valence-corrected chi connectivity index (χ2v) is 5.87. The fourth-order valence-corrected chi connectivity index (χ4v) is 2.27. The lowest BCUT2D eigenvalue weighted by Gasteiger charge is -2.26. The molecule has 0 unspecified atom stereocenters. The fraction of sp³-hybridized carbons (Fsp3) is 0.562. The summed E-state index contributed by atoms with van der Waals surface area (Å²) in [7, 11) is 0. The molecule has 0 aliphatic carbocycles. The van der Waals surface area contributed by atoms with E-state index in [1.165, 1.54) is 6.07 Å². The predicted octanol–water partition coefficient (Wildman–Crippen LogP) is 3.81. The summed E-state index contributed by atoms with van der Waals surface area (Å²) >= 11 is 0. The average Bonchev–Trinajstić information content (AvgIpc) is 2.30. The molecular formula is C16H23FN2. The Kier molecular flexibility index (Phi) is 5.98. The SMILES string of the molecule is CC(C)CN(Cc1cccc(C#N)c1F)CC(C)C. The number of nitrogens with zero attached hydrogens (tertiary/aromatic N) is 2. The molecule has 0 saturated carbocycles. The molecule has 0 aliphatic heterocycles. The lowest BCUT2D eigenvalue weighted by Crippen LogP contribution is -2.31. The highest BCUT2D eigenvalue weighted by Gasteiger charge is 2.14. The molecule has 1 aromatic carbocycles. The monoisotopic (exact) mass is 262 g/mol. The van der Waals surface area contributed by atoms with E-state index in [0.717, 1.165) is 13.1 Å². The van der Waals surface area contributed by atoms with E-state index in [-0.39, 0.29) is 11.4 Å². The third-order valence-corrected chi connectivity index (χ3v) is 2.84. The average molecular weight is 262 g/mol. The van der Waals surface area contributed by atoms with E-state index in [4.69, 9.17) is 5.26 Å². The summed E-state index contributed by atoms with van der Waals surface area (Å²) in [5.41, 5.74) is 0.742. The molecule has 0 fully saturated rings. The zero-order valence-electron chi connectivity index (χ0n) is 12.3. The van der Waals surface area contributed by atoms with Gasteiger partial charge in [-0.3, -0.25) is 4.90 Å². The first-order chi connectivity index (χ1) is 8.93. The molecule has 1 aromatic rings. The van der Waals surface area contributed by atoms with Crippen LogP contribution in [0.4, 0.5) is 4.39 Å². The van der Waals surface area contributed by atoms with Gasteiger partial charge in [0, 0.05) is 25.2 Å². The molecule has 0 aliphatic rings. The Bertz CT molecular complexity index is 437. The van der Waals surface area contributed by atoms with Crippen molar-refractivity contribution in [1.82, 2.24) is 4.90 Å². The second kappa shape index (κ2) is 7.25. The zero-order chi connectivity index (χ0) is 14.4. The summed E-state index contributed by atoms with van der Waals surface area (Å²) in [6.45, 7) is 11.1. The Balaban J connectivity index is 2.87. The predicted molar refractivity (Wildman–Crippen MR) is 76.1 cm³/mol. The second-order valence-electron chi connectivity index (χ2n) is 5.87. The van der Waals surface area contributed by atoms with Gasteiger partial charge in [0.2, 0.25) is 0 Å². The number of rotatable bonds is 6. The number of hydrogen-bond donors (Lipinski definition) is 0. The van der Waals surface area contributed by atoms with Gasteiger partial charge in [-0.25, -0.2) is 4.39 Å². The van der Waals surface area contributed by atoms with Crippen molar-refractivity contribution in [3.05, 3.63) is 35.1 Å². The van der Waals surface area contributed by atoms with Gasteiger partial charge in [-0.05, 0) is 17.9 Å². The fourth-order valence-electron chi connectivity index (χ4n) is 2.27. The van der Waals surface area contributed by atoms with Gasteiger partial charge in [0.1, 0.15) is 11.9 Å². The molecule has 0 radical (unpaired) electrons.